The molecule has 0 heterocycles. The van der Waals surface area contributed by atoms with Gasteiger partial charge >= 0.3 is 0 Å². The van der Waals surface area contributed by atoms with Gasteiger partial charge in [0.2, 0.25) is 0 Å². The maximum Gasteiger partial charge on any atom is 0.185 e. The van der Waals surface area contributed by atoms with E-state index in [4.69, 9.17) is 5.26 Å². The quantitative estimate of drug-likeness (QED) is 0.596. The molecule has 0 saturated heterocycles. The first-order chi connectivity index (χ1) is 8.13. The van der Waals surface area contributed by atoms with E-state index in [0.717, 1.165) is 0 Å². The zero-order valence-electron chi connectivity index (χ0n) is 9.29. The van der Waals surface area contributed by atoms with Crippen LogP contribution in [0.3, 0.4) is 0 Å². The van der Waals surface area contributed by atoms with Crippen LogP contribution in [0.1, 0.15) is 24.5 Å². The second kappa shape index (κ2) is 6.73. The van der Waals surface area contributed by atoms with Crippen molar-refractivity contribution in [2.24, 2.45) is 0 Å². The van der Waals surface area contributed by atoms with Crippen molar-refractivity contribution in [3.8, 4) is 17.9 Å². The van der Waals surface area contributed by atoms with Crippen molar-refractivity contribution in [3.63, 3.8) is 0 Å². The Morgan fingerprint density at radius 3 is 2.88 bits per heavy atom. The van der Waals surface area contributed by atoms with Gasteiger partial charge in [-0.05, 0) is 18.2 Å². The van der Waals surface area contributed by atoms with Crippen LogP contribution in [0.2, 0.25) is 0 Å². The molecule has 1 rings (SSSR count). The summed E-state index contributed by atoms with van der Waals surface area (Å²) in [6, 6.07) is 6.00. The van der Waals surface area contributed by atoms with Crippen molar-refractivity contribution in [2.75, 3.05) is 5.75 Å². The number of nitriles is 1. The number of benzene rings is 1. The van der Waals surface area contributed by atoms with E-state index >= 15 is 0 Å². The molecule has 86 valence electrons. The fourth-order valence-corrected chi connectivity index (χ4v) is 1.59. The highest BCUT2D eigenvalue weighted by Gasteiger charge is 2.00. The van der Waals surface area contributed by atoms with E-state index in [2.05, 4.69) is 11.8 Å². The van der Waals surface area contributed by atoms with Gasteiger partial charge in [-0.25, -0.2) is 4.39 Å². The lowest BCUT2D eigenvalue weighted by molar-refractivity contribution is -0.109. The molecule has 0 radical (unpaired) electrons. The summed E-state index contributed by atoms with van der Waals surface area (Å²) >= 11 is 1.22. The van der Waals surface area contributed by atoms with Gasteiger partial charge in [-0.1, -0.05) is 23.6 Å². The highest BCUT2D eigenvalue weighted by atomic mass is 32.2. The number of hydrogen-bond donors (Lipinski definition) is 0. The number of nitrogens with zero attached hydrogens (tertiary/aromatic N) is 1. The zero-order valence-corrected chi connectivity index (χ0v) is 10.1. The van der Waals surface area contributed by atoms with Crippen LogP contribution in [0.4, 0.5) is 4.39 Å². The molecule has 0 amide bonds. The molecule has 0 N–H and O–H groups in total. The molecular formula is C13H10FNOS. The van der Waals surface area contributed by atoms with Crippen molar-refractivity contribution < 1.29 is 9.18 Å². The third-order valence-corrected chi connectivity index (χ3v) is 2.67. The Hall–Kier alpha value is -1.78. The highest BCUT2D eigenvalue weighted by Crippen LogP contribution is 2.08. The lowest BCUT2D eigenvalue weighted by atomic mass is 10.1. The van der Waals surface area contributed by atoms with Gasteiger partial charge < -0.3 is 0 Å². The van der Waals surface area contributed by atoms with E-state index in [1.54, 1.807) is 12.1 Å². The number of hydrogen-bond acceptors (Lipinski definition) is 3. The number of carbonyl (C=O) groups is 1. The molecule has 0 aromatic heterocycles. The normalized spacial score (nSPS) is 9.00. The minimum absolute atomic E-state index is 0.0164. The first kappa shape index (κ1) is 13.3. The number of carbonyl (C=O) groups excluding carboxylic acids is 1. The maximum absolute atomic E-state index is 13.2. The minimum atomic E-state index is -0.558. The van der Waals surface area contributed by atoms with Gasteiger partial charge in [0.05, 0.1) is 5.56 Å². The summed E-state index contributed by atoms with van der Waals surface area (Å²) in [6.45, 7) is 1.51. The molecule has 0 aliphatic rings. The smallest absolute Gasteiger partial charge is 0.185 e. The average Bonchev–Trinajstić information content (AvgIpc) is 2.28. The van der Waals surface area contributed by atoms with E-state index < -0.39 is 5.82 Å². The first-order valence-electron chi connectivity index (χ1n) is 4.95. The molecule has 1 aromatic carbocycles. The zero-order chi connectivity index (χ0) is 12.7. The van der Waals surface area contributed by atoms with Crippen molar-refractivity contribution >= 4 is 16.9 Å². The van der Waals surface area contributed by atoms with Gasteiger partial charge in [-0.2, -0.15) is 5.26 Å². The number of thioether (sulfide) groups is 1. The fraction of sp³-hybridized carbons (Fsp3) is 0.231. The van der Waals surface area contributed by atoms with E-state index in [1.165, 1.54) is 30.8 Å². The summed E-state index contributed by atoms with van der Waals surface area (Å²) in [7, 11) is 0. The van der Waals surface area contributed by atoms with E-state index in [9.17, 15) is 9.18 Å². The monoisotopic (exact) mass is 247 g/mol. The van der Waals surface area contributed by atoms with Crippen LogP contribution in [0.15, 0.2) is 18.2 Å². The Labute approximate surface area is 104 Å². The predicted molar refractivity (Wildman–Crippen MR) is 65.7 cm³/mol. The van der Waals surface area contributed by atoms with E-state index in [0.29, 0.717) is 17.7 Å². The van der Waals surface area contributed by atoms with Crippen LogP contribution in [0, 0.1) is 29.0 Å². The largest absolute Gasteiger partial charge is 0.288 e. The van der Waals surface area contributed by atoms with Crippen LogP contribution in [-0.2, 0) is 4.79 Å². The average molecular weight is 247 g/mol. The van der Waals surface area contributed by atoms with Crippen LogP contribution < -0.4 is 0 Å². The summed E-state index contributed by atoms with van der Waals surface area (Å²) in [5.74, 6) is 5.72. The Bertz CT molecular complexity index is 522. The van der Waals surface area contributed by atoms with E-state index in [1.807, 2.05) is 0 Å². The molecule has 0 atom stereocenters. The molecule has 0 spiro atoms. The molecule has 0 fully saturated rings. The third kappa shape index (κ3) is 4.72. The number of halogens is 1. The van der Waals surface area contributed by atoms with Gasteiger partial charge in [-0.15, -0.1) is 0 Å². The molecule has 0 aliphatic heterocycles. The lowest BCUT2D eigenvalue weighted by Gasteiger charge is -1.93. The van der Waals surface area contributed by atoms with Crippen molar-refractivity contribution in [2.45, 2.75) is 13.3 Å². The molecule has 0 aliphatic carbocycles. The molecule has 4 heteroatoms. The van der Waals surface area contributed by atoms with Gasteiger partial charge in [0, 0.05) is 24.7 Å². The van der Waals surface area contributed by atoms with Crippen LogP contribution in [-0.4, -0.2) is 10.9 Å². The Kier molecular flexibility index (Phi) is 5.26. The van der Waals surface area contributed by atoms with Crippen molar-refractivity contribution in [1.29, 1.82) is 5.26 Å². The summed E-state index contributed by atoms with van der Waals surface area (Å²) < 4.78 is 13.2. The maximum atomic E-state index is 13.2. The topological polar surface area (TPSA) is 40.9 Å². The Balaban J connectivity index is 2.58. The first-order valence-corrected chi connectivity index (χ1v) is 5.94. The molecule has 0 saturated carbocycles. The molecule has 1 aromatic rings. The van der Waals surface area contributed by atoms with Crippen LogP contribution in [0.25, 0.3) is 0 Å². The molecule has 17 heavy (non-hydrogen) atoms. The van der Waals surface area contributed by atoms with Gasteiger partial charge in [0.1, 0.15) is 11.9 Å². The second-order valence-corrected chi connectivity index (χ2v) is 4.47. The van der Waals surface area contributed by atoms with E-state index in [-0.39, 0.29) is 10.7 Å². The third-order valence-electron chi connectivity index (χ3n) is 1.85. The molecule has 0 bridgehead atoms. The van der Waals surface area contributed by atoms with Crippen LogP contribution >= 0.6 is 11.8 Å². The standard InChI is InChI=1S/C13H10FNOS/c1-10(16)17-7-3-2-4-11-5-6-12(9-15)13(14)8-11/h5-6,8H,3,7H2,1H3. The van der Waals surface area contributed by atoms with Gasteiger partial charge in [0.15, 0.2) is 5.12 Å². The summed E-state index contributed by atoms with van der Waals surface area (Å²) in [6.07, 6.45) is 0.575. The predicted octanol–water partition coefficient (Wildman–Crippen LogP) is 2.72. The van der Waals surface area contributed by atoms with Crippen molar-refractivity contribution in [1.82, 2.24) is 0 Å². The van der Waals surface area contributed by atoms with Crippen LogP contribution in [0.5, 0.6) is 0 Å². The Morgan fingerprint density at radius 2 is 2.29 bits per heavy atom. The summed E-state index contributed by atoms with van der Waals surface area (Å²) in [5, 5.41) is 8.61. The lowest BCUT2D eigenvalue weighted by Crippen LogP contribution is -1.86. The van der Waals surface area contributed by atoms with Gasteiger partial charge in [0.25, 0.3) is 0 Å². The minimum Gasteiger partial charge on any atom is -0.288 e. The second-order valence-electron chi connectivity index (χ2n) is 3.20. The fourth-order valence-electron chi connectivity index (χ4n) is 1.09. The highest BCUT2D eigenvalue weighted by molar-refractivity contribution is 8.13. The SMILES string of the molecule is CC(=O)SCCC#Cc1ccc(C#N)c(F)c1. The number of rotatable bonds is 2. The molecule has 2 nitrogen and oxygen atoms in total. The summed E-state index contributed by atoms with van der Waals surface area (Å²) in [5.41, 5.74) is 0.553. The Morgan fingerprint density at radius 1 is 1.53 bits per heavy atom. The molecular weight excluding hydrogens is 237 g/mol. The molecule has 0 unspecified atom stereocenters. The van der Waals surface area contributed by atoms with Gasteiger partial charge in [-0.3, -0.25) is 4.79 Å². The summed E-state index contributed by atoms with van der Waals surface area (Å²) in [4.78, 5) is 10.6. The van der Waals surface area contributed by atoms with Crippen molar-refractivity contribution in [3.05, 3.63) is 35.1 Å².